The van der Waals surface area contributed by atoms with Gasteiger partial charge in [0.25, 0.3) is 0 Å². The molecule has 30 heavy (non-hydrogen) atoms. The molecule has 0 aromatic heterocycles. The predicted molar refractivity (Wildman–Crippen MR) is 128 cm³/mol. The van der Waals surface area contributed by atoms with E-state index >= 15 is 0 Å². The van der Waals surface area contributed by atoms with Gasteiger partial charge in [-0.1, -0.05) is 52.0 Å². The summed E-state index contributed by atoms with van der Waals surface area (Å²) in [6.45, 7) is 15.5. The Hall–Kier alpha value is -1.97. The summed E-state index contributed by atoms with van der Waals surface area (Å²) in [5.74, 6) is 0.205. The van der Waals surface area contributed by atoms with E-state index in [1.54, 1.807) is 0 Å². The summed E-state index contributed by atoms with van der Waals surface area (Å²) in [4.78, 5) is 18.0. The Morgan fingerprint density at radius 3 is 1.37 bits per heavy atom. The fraction of sp³-hybridized carbons (Fsp3) is 0.519. The lowest BCUT2D eigenvalue weighted by molar-refractivity contribution is 0.104. The standard InChI is InChI=1S/C27H38N2O/c1-5-28(6-2)17-9-11-21-13-15-23-24-16-14-22(12-10-18-29(7-3)8-4)20-26(24)27(30)25(23)19-21/h13-16,19-20H,5-12,17-18H2,1-4H3. The van der Waals surface area contributed by atoms with E-state index in [0.717, 1.165) is 87.2 Å². The first-order chi connectivity index (χ1) is 14.6. The highest BCUT2D eigenvalue weighted by Crippen LogP contribution is 2.37. The fourth-order valence-electron chi connectivity index (χ4n) is 4.58. The average molecular weight is 407 g/mol. The molecule has 0 saturated carbocycles. The van der Waals surface area contributed by atoms with Gasteiger partial charge in [0.05, 0.1) is 0 Å². The van der Waals surface area contributed by atoms with Gasteiger partial charge in [-0.2, -0.15) is 0 Å². The molecule has 0 saturated heterocycles. The van der Waals surface area contributed by atoms with Gasteiger partial charge in [-0.25, -0.2) is 0 Å². The largest absolute Gasteiger partial charge is 0.304 e. The predicted octanol–water partition coefficient (Wildman–Crippen LogP) is 5.45. The minimum Gasteiger partial charge on any atom is -0.304 e. The Morgan fingerprint density at radius 2 is 1.00 bits per heavy atom. The van der Waals surface area contributed by atoms with Crippen LogP contribution in [0.15, 0.2) is 36.4 Å². The van der Waals surface area contributed by atoms with E-state index in [-0.39, 0.29) is 5.78 Å². The zero-order valence-corrected chi connectivity index (χ0v) is 19.3. The Kier molecular flexibility index (Phi) is 8.24. The Bertz CT molecular complexity index is 780. The zero-order chi connectivity index (χ0) is 21.5. The number of carbonyl (C=O) groups is 1. The van der Waals surface area contributed by atoms with Crippen molar-refractivity contribution in [2.45, 2.75) is 53.4 Å². The molecule has 0 heterocycles. The van der Waals surface area contributed by atoms with E-state index < -0.39 is 0 Å². The molecule has 0 spiro atoms. The fourth-order valence-corrected chi connectivity index (χ4v) is 4.58. The SMILES string of the molecule is CCN(CC)CCCc1ccc2c(c1)C(=O)c1cc(CCCN(CC)CC)ccc1-2. The number of fused-ring (bicyclic) bond motifs is 3. The Balaban J connectivity index is 1.66. The van der Waals surface area contributed by atoms with Crippen LogP contribution in [-0.2, 0) is 12.8 Å². The highest BCUT2D eigenvalue weighted by atomic mass is 16.1. The topological polar surface area (TPSA) is 23.6 Å². The summed E-state index contributed by atoms with van der Waals surface area (Å²) in [6, 6.07) is 13.0. The molecule has 0 amide bonds. The van der Waals surface area contributed by atoms with Gasteiger partial charge in [0, 0.05) is 11.1 Å². The van der Waals surface area contributed by atoms with Gasteiger partial charge in [0.15, 0.2) is 5.78 Å². The van der Waals surface area contributed by atoms with Crippen LogP contribution in [0.5, 0.6) is 0 Å². The number of hydrogen-bond acceptors (Lipinski definition) is 3. The number of aryl methyl sites for hydroxylation is 2. The van der Waals surface area contributed by atoms with Gasteiger partial charge in [-0.15, -0.1) is 0 Å². The third-order valence-corrected chi connectivity index (χ3v) is 6.62. The Morgan fingerprint density at radius 1 is 0.600 bits per heavy atom. The summed E-state index contributed by atoms with van der Waals surface area (Å²) in [6.07, 6.45) is 4.34. The molecular formula is C27H38N2O. The number of nitrogens with zero attached hydrogens (tertiary/aromatic N) is 2. The monoisotopic (exact) mass is 406 g/mol. The van der Waals surface area contributed by atoms with Gasteiger partial charge in [0.2, 0.25) is 0 Å². The summed E-state index contributed by atoms with van der Waals surface area (Å²) in [5.41, 5.74) is 6.56. The van der Waals surface area contributed by atoms with Gasteiger partial charge in [-0.3, -0.25) is 4.79 Å². The number of rotatable bonds is 12. The lowest BCUT2D eigenvalue weighted by Crippen LogP contribution is -2.24. The van der Waals surface area contributed by atoms with Crippen LogP contribution in [0.2, 0.25) is 0 Å². The van der Waals surface area contributed by atoms with Crippen molar-refractivity contribution >= 4 is 5.78 Å². The molecule has 2 aromatic rings. The molecule has 0 fully saturated rings. The van der Waals surface area contributed by atoms with Crippen LogP contribution in [0, 0.1) is 0 Å². The molecule has 3 nitrogen and oxygen atoms in total. The molecule has 0 bridgehead atoms. The van der Waals surface area contributed by atoms with Gasteiger partial charge in [-0.05, 0) is 99.3 Å². The summed E-state index contributed by atoms with van der Waals surface area (Å²) in [7, 11) is 0. The Labute approximate surface area is 183 Å². The van der Waals surface area contributed by atoms with Crippen LogP contribution in [0.25, 0.3) is 11.1 Å². The second kappa shape index (κ2) is 10.9. The lowest BCUT2D eigenvalue weighted by atomic mass is 10.00. The maximum Gasteiger partial charge on any atom is 0.194 e. The molecule has 2 aromatic carbocycles. The quantitative estimate of drug-likeness (QED) is 0.400. The van der Waals surface area contributed by atoms with E-state index in [1.807, 2.05) is 0 Å². The van der Waals surface area contributed by atoms with Gasteiger partial charge >= 0.3 is 0 Å². The van der Waals surface area contributed by atoms with Crippen LogP contribution in [0.1, 0.15) is 67.6 Å². The minimum atomic E-state index is 0.205. The molecule has 3 heteroatoms. The average Bonchev–Trinajstić information content (AvgIpc) is 3.05. The number of ketones is 1. The highest BCUT2D eigenvalue weighted by molar-refractivity contribution is 6.21. The van der Waals surface area contributed by atoms with Crippen LogP contribution >= 0.6 is 0 Å². The summed E-state index contributed by atoms with van der Waals surface area (Å²) >= 11 is 0. The van der Waals surface area contributed by atoms with Crippen LogP contribution in [0.4, 0.5) is 0 Å². The number of benzene rings is 2. The van der Waals surface area contributed by atoms with Crippen LogP contribution < -0.4 is 0 Å². The number of hydrogen-bond donors (Lipinski definition) is 0. The number of carbonyl (C=O) groups excluding carboxylic acids is 1. The minimum absolute atomic E-state index is 0.205. The van der Waals surface area contributed by atoms with Crippen molar-refractivity contribution in [1.82, 2.24) is 9.80 Å². The first-order valence-electron chi connectivity index (χ1n) is 11.9. The van der Waals surface area contributed by atoms with Crippen molar-refractivity contribution in [2.24, 2.45) is 0 Å². The molecule has 3 rings (SSSR count). The first-order valence-corrected chi connectivity index (χ1v) is 11.9. The maximum atomic E-state index is 13.1. The second-order valence-corrected chi connectivity index (χ2v) is 8.35. The lowest BCUT2D eigenvalue weighted by Gasteiger charge is -2.17. The molecule has 0 unspecified atom stereocenters. The van der Waals surface area contributed by atoms with Crippen molar-refractivity contribution in [3.8, 4) is 11.1 Å². The van der Waals surface area contributed by atoms with Crippen molar-refractivity contribution in [1.29, 1.82) is 0 Å². The van der Waals surface area contributed by atoms with E-state index in [2.05, 4.69) is 73.9 Å². The van der Waals surface area contributed by atoms with Crippen molar-refractivity contribution < 1.29 is 4.79 Å². The zero-order valence-electron chi connectivity index (χ0n) is 19.3. The van der Waals surface area contributed by atoms with Crippen molar-refractivity contribution in [3.05, 3.63) is 58.7 Å². The molecule has 1 aliphatic carbocycles. The molecule has 0 atom stereocenters. The first kappa shape index (κ1) is 22.7. The van der Waals surface area contributed by atoms with Gasteiger partial charge < -0.3 is 9.80 Å². The summed E-state index contributed by atoms with van der Waals surface area (Å²) < 4.78 is 0. The van der Waals surface area contributed by atoms with E-state index in [4.69, 9.17) is 0 Å². The smallest absolute Gasteiger partial charge is 0.194 e. The third kappa shape index (κ3) is 5.19. The maximum absolute atomic E-state index is 13.1. The van der Waals surface area contributed by atoms with E-state index in [0.29, 0.717) is 0 Å². The molecule has 0 aliphatic heterocycles. The van der Waals surface area contributed by atoms with Gasteiger partial charge in [0.1, 0.15) is 0 Å². The molecule has 162 valence electrons. The molecule has 0 N–H and O–H groups in total. The second-order valence-electron chi connectivity index (χ2n) is 8.35. The summed E-state index contributed by atoms with van der Waals surface area (Å²) in [5, 5.41) is 0. The molecule has 1 aliphatic rings. The van der Waals surface area contributed by atoms with Crippen molar-refractivity contribution in [3.63, 3.8) is 0 Å². The van der Waals surface area contributed by atoms with E-state index in [1.165, 1.54) is 11.1 Å². The highest BCUT2D eigenvalue weighted by Gasteiger charge is 2.27. The van der Waals surface area contributed by atoms with Crippen LogP contribution in [0.3, 0.4) is 0 Å². The van der Waals surface area contributed by atoms with Crippen molar-refractivity contribution in [2.75, 3.05) is 39.3 Å². The third-order valence-electron chi connectivity index (χ3n) is 6.62. The molecule has 0 radical (unpaired) electrons. The normalized spacial score (nSPS) is 12.7. The van der Waals surface area contributed by atoms with Crippen LogP contribution in [-0.4, -0.2) is 54.9 Å². The van der Waals surface area contributed by atoms with E-state index in [9.17, 15) is 4.79 Å². The molecular weight excluding hydrogens is 368 g/mol.